The van der Waals surface area contributed by atoms with E-state index in [4.69, 9.17) is 5.14 Å². The molecule has 78 valence electrons. The number of sulfonamides is 1. The summed E-state index contributed by atoms with van der Waals surface area (Å²) < 4.78 is 21.3. The second-order valence-corrected chi connectivity index (χ2v) is 5.48. The Kier molecular flexibility index (Phi) is 3.85. The summed E-state index contributed by atoms with van der Waals surface area (Å²) in [7, 11) is -3.38. The molecule has 0 saturated carbocycles. The third-order valence-corrected chi connectivity index (χ3v) is 3.56. The lowest BCUT2D eigenvalue weighted by Gasteiger charge is -2.01. The van der Waals surface area contributed by atoms with Gasteiger partial charge in [-0.15, -0.1) is 11.8 Å². The van der Waals surface area contributed by atoms with Gasteiger partial charge in [0.2, 0.25) is 10.0 Å². The highest BCUT2D eigenvalue weighted by Crippen LogP contribution is 2.16. The van der Waals surface area contributed by atoms with Crippen molar-refractivity contribution in [3.05, 3.63) is 18.1 Å². The van der Waals surface area contributed by atoms with E-state index < -0.39 is 10.0 Å². The van der Waals surface area contributed by atoms with Gasteiger partial charge in [-0.1, -0.05) is 0 Å². The van der Waals surface area contributed by atoms with Crippen LogP contribution in [0.2, 0.25) is 0 Å². The molecular formula is C7H11N3O2S2. The molecule has 0 unspecified atom stereocenters. The van der Waals surface area contributed by atoms with Crippen molar-refractivity contribution in [1.82, 2.24) is 9.97 Å². The fourth-order valence-electron chi connectivity index (χ4n) is 0.791. The fourth-order valence-corrected chi connectivity index (χ4v) is 2.64. The van der Waals surface area contributed by atoms with E-state index in [0.29, 0.717) is 5.75 Å². The van der Waals surface area contributed by atoms with E-state index in [0.717, 1.165) is 10.7 Å². The standard InChI is InChI=1S/C7H11N3O2S2/c1-6-7(10-3-2-9-6)13-4-5-14(8,11)12/h2-3H,4-5H2,1H3,(H2,8,11,12). The van der Waals surface area contributed by atoms with Crippen molar-refractivity contribution in [2.75, 3.05) is 11.5 Å². The molecule has 0 atom stereocenters. The van der Waals surface area contributed by atoms with E-state index in [1.54, 1.807) is 12.4 Å². The van der Waals surface area contributed by atoms with Crippen LogP contribution in [0, 0.1) is 6.92 Å². The molecule has 7 heteroatoms. The highest BCUT2D eigenvalue weighted by atomic mass is 32.2. The van der Waals surface area contributed by atoms with Crippen LogP contribution in [0.4, 0.5) is 0 Å². The number of hydrogen-bond donors (Lipinski definition) is 1. The summed E-state index contributed by atoms with van der Waals surface area (Å²) in [6, 6.07) is 0. The zero-order valence-electron chi connectivity index (χ0n) is 7.67. The minimum Gasteiger partial charge on any atom is -0.257 e. The molecular weight excluding hydrogens is 222 g/mol. The molecule has 1 aromatic heterocycles. The third-order valence-electron chi connectivity index (χ3n) is 1.44. The zero-order chi connectivity index (χ0) is 10.6. The molecule has 14 heavy (non-hydrogen) atoms. The Morgan fingerprint density at radius 3 is 2.64 bits per heavy atom. The van der Waals surface area contributed by atoms with Gasteiger partial charge in [0.05, 0.1) is 11.4 Å². The Balaban J connectivity index is 2.51. The van der Waals surface area contributed by atoms with Crippen LogP contribution in [0.5, 0.6) is 0 Å². The third kappa shape index (κ3) is 4.03. The molecule has 1 rings (SSSR count). The first-order valence-corrected chi connectivity index (χ1v) is 6.60. The SMILES string of the molecule is Cc1nccnc1SCCS(N)(=O)=O. The molecule has 1 aromatic rings. The minimum atomic E-state index is -3.38. The van der Waals surface area contributed by atoms with Crippen LogP contribution < -0.4 is 5.14 Å². The van der Waals surface area contributed by atoms with Gasteiger partial charge in [0.25, 0.3) is 0 Å². The van der Waals surface area contributed by atoms with Crippen molar-refractivity contribution < 1.29 is 8.42 Å². The number of hydrogen-bond acceptors (Lipinski definition) is 5. The Morgan fingerprint density at radius 2 is 2.07 bits per heavy atom. The minimum absolute atomic E-state index is 0.0479. The molecule has 1 heterocycles. The number of aromatic nitrogens is 2. The highest BCUT2D eigenvalue weighted by Gasteiger charge is 2.05. The molecule has 0 aliphatic heterocycles. The van der Waals surface area contributed by atoms with Gasteiger partial charge in [0.1, 0.15) is 5.03 Å². The molecule has 5 nitrogen and oxygen atoms in total. The monoisotopic (exact) mass is 233 g/mol. The maximum atomic E-state index is 10.6. The first kappa shape index (κ1) is 11.4. The number of primary sulfonamides is 1. The number of thioether (sulfide) groups is 1. The van der Waals surface area contributed by atoms with E-state index in [-0.39, 0.29) is 5.75 Å². The molecule has 0 saturated heterocycles. The van der Waals surface area contributed by atoms with Crippen LogP contribution in [0.15, 0.2) is 17.4 Å². The van der Waals surface area contributed by atoms with Crippen LogP contribution in [0.1, 0.15) is 5.69 Å². The summed E-state index contributed by atoms with van der Waals surface area (Å²) in [6.45, 7) is 1.83. The summed E-state index contributed by atoms with van der Waals surface area (Å²) in [5, 5.41) is 5.61. The van der Waals surface area contributed by atoms with Crippen molar-refractivity contribution in [2.45, 2.75) is 11.9 Å². The maximum Gasteiger partial charge on any atom is 0.209 e. The zero-order valence-corrected chi connectivity index (χ0v) is 9.31. The van der Waals surface area contributed by atoms with E-state index >= 15 is 0 Å². The van der Waals surface area contributed by atoms with Crippen LogP contribution >= 0.6 is 11.8 Å². The average molecular weight is 233 g/mol. The molecule has 0 fully saturated rings. The van der Waals surface area contributed by atoms with Crippen LogP contribution in [0.25, 0.3) is 0 Å². The van der Waals surface area contributed by atoms with Crippen molar-refractivity contribution in [3.8, 4) is 0 Å². The van der Waals surface area contributed by atoms with E-state index in [9.17, 15) is 8.42 Å². The second-order valence-electron chi connectivity index (χ2n) is 2.66. The van der Waals surface area contributed by atoms with Gasteiger partial charge in [-0.25, -0.2) is 18.5 Å². The Hall–Kier alpha value is -0.660. The lowest BCUT2D eigenvalue weighted by atomic mass is 10.5. The summed E-state index contributed by atoms with van der Waals surface area (Å²) in [5.41, 5.74) is 0.798. The van der Waals surface area contributed by atoms with Gasteiger partial charge in [0.15, 0.2) is 0 Å². The van der Waals surface area contributed by atoms with Gasteiger partial charge in [0, 0.05) is 18.1 Å². The number of rotatable bonds is 4. The van der Waals surface area contributed by atoms with Crippen LogP contribution in [-0.2, 0) is 10.0 Å². The predicted octanol–water partition coefficient (Wildman–Crippen LogP) is 0.166. The Morgan fingerprint density at radius 1 is 1.43 bits per heavy atom. The smallest absolute Gasteiger partial charge is 0.209 e. The molecule has 0 aliphatic carbocycles. The van der Waals surface area contributed by atoms with E-state index in [2.05, 4.69) is 9.97 Å². The Bertz CT molecular complexity index is 405. The van der Waals surface area contributed by atoms with Gasteiger partial charge in [-0.3, -0.25) is 4.98 Å². The largest absolute Gasteiger partial charge is 0.257 e. The number of nitrogens with zero attached hydrogens (tertiary/aromatic N) is 2. The molecule has 0 aliphatic rings. The Labute approximate surface area is 87.2 Å². The lowest BCUT2D eigenvalue weighted by molar-refractivity contribution is 0.599. The molecule has 0 aromatic carbocycles. The first-order chi connectivity index (χ1) is 6.49. The van der Waals surface area contributed by atoms with Crippen LogP contribution in [0.3, 0.4) is 0 Å². The van der Waals surface area contributed by atoms with Crippen molar-refractivity contribution in [2.24, 2.45) is 5.14 Å². The highest BCUT2D eigenvalue weighted by molar-refractivity contribution is 8.00. The number of nitrogens with two attached hydrogens (primary N) is 1. The topological polar surface area (TPSA) is 85.9 Å². The molecule has 0 bridgehead atoms. The molecule has 0 spiro atoms. The molecule has 0 radical (unpaired) electrons. The van der Waals surface area contributed by atoms with Gasteiger partial charge in [-0.05, 0) is 6.92 Å². The van der Waals surface area contributed by atoms with Crippen LogP contribution in [-0.4, -0.2) is 29.9 Å². The fraction of sp³-hybridized carbons (Fsp3) is 0.429. The predicted molar refractivity (Wildman–Crippen MR) is 55.5 cm³/mol. The summed E-state index contributed by atoms with van der Waals surface area (Å²) >= 11 is 1.34. The maximum absolute atomic E-state index is 10.6. The van der Waals surface area contributed by atoms with Gasteiger partial charge in [-0.2, -0.15) is 0 Å². The van der Waals surface area contributed by atoms with Gasteiger partial charge < -0.3 is 0 Å². The number of aryl methyl sites for hydroxylation is 1. The second kappa shape index (κ2) is 4.72. The van der Waals surface area contributed by atoms with Gasteiger partial charge >= 0.3 is 0 Å². The quantitative estimate of drug-likeness (QED) is 0.749. The normalized spacial score (nSPS) is 11.6. The van der Waals surface area contributed by atoms with E-state index in [1.165, 1.54) is 11.8 Å². The van der Waals surface area contributed by atoms with Crippen molar-refractivity contribution in [1.29, 1.82) is 0 Å². The lowest BCUT2D eigenvalue weighted by Crippen LogP contribution is -2.17. The summed E-state index contributed by atoms with van der Waals surface area (Å²) in [4.78, 5) is 8.09. The van der Waals surface area contributed by atoms with Crippen molar-refractivity contribution >= 4 is 21.8 Å². The summed E-state index contributed by atoms with van der Waals surface area (Å²) in [6.07, 6.45) is 3.17. The van der Waals surface area contributed by atoms with Crippen molar-refractivity contribution in [3.63, 3.8) is 0 Å². The van der Waals surface area contributed by atoms with E-state index in [1.807, 2.05) is 6.92 Å². The average Bonchev–Trinajstić information content (AvgIpc) is 2.06. The first-order valence-electron chi connectivity index (χ1n) is 3.90. The molecule has 0 amide bonds. The molecule has 2 N–H and O–H groups in total. The summed E-state index contributed by atoms with van der Waals surface area (Å²) in [5.74, 6) is 0.353.